The van der Waals surface area contributed by atoms with Crippen molar-refractivity contribution in [3.05, 3.63) is 40.3 Å². The van der Waals surface area contributed by atoms with E-state index in [-0.39, 0.29) is 29.3 Å². The monoisotopic (exact) mass is 404 g/mol. The van der Waals surface area contributed by atoms with Gasteiger partial charge in [-0.1, -0.05) is 18.5 Å². The summed E-state index contributed by atoms with van der Waals surface area (Å²) >= 11 is 6.11. The fourth-order valence-electron chi connectivity index (χ4n) is 3.43. The van der Waals surface area contributed by atoms with Crippen LogP contribution in [0.1, 0.15) is 54.5 Å². The topological polar surface area (TPSA) is 86.1 Å². The summed E-state index contributed by atoms with van der Waals surface area (Å²) in [6, 6.07) is 5.30. The van der Waals surface area contributed by atoms with Crippen LogP contribution in [-0.2, 0) is 9.53 Å². The number of rotatable bonds is 5. The number of pyridine rings is 1. The predicted molar refractivity (Wildman–Crippen MR) is 106 cm³/mol. The number of nitrogens with one attached hydrogen (secondary N) is 1. The van der Waals surface area contributed by atoms with Gasteiger partial charge in [-0.25, -0.2) is 14.5 Å². The molecule has 0 unspecified atom stereocenters. The molecule has 0 aliphatic heterocycles. The number of hydrogen-bond donors (Lipinski definition) is 1. The van der Waals surface area contributed by atoms with E-state index in [0.29, 0.717) is 11.7 Å². The molecule has 0 saturated heterocycles. The second-order valence-electron chi connectivity index (χ2n) is 7.44. The summed E-state index contributed by atoms with van der Waals surface area (Å²) < 4.78 is 6.76. The second kappa shape index (κ2) is 8.73. The molecule has 1 aliphatic carbocycles. The highest BCUT2D eigenvalue weighted by Crippen LogP contribution is 2.23. The molecule has 1 amide bonds. The van der Waals surface area contributed by atoms with Gasteiger partial charge in [-0.2, -0.15) is 5.10 Å². The van der Waals surface area contributed by atoms with Crippen molar-refractivity contribution in [1.29, 1.82) is 0 Å². The van der Waals surface area contributed by atoms with E-state index in [1.165, 1.54) is 0 Å². The molecule has 2 heterocycles. The number of esters is 1. The van der Waals surface area contributed by atoms with E-state index in [9.17, 15) is 9.59 Å². The Hall–Kier alpha value is -2.41. The maximum absolute atomic E-state index is 12.4. The van der Waals surface area contributed by atoms with Gasteiger partial charge in [-0.15, -0.1) is 0 Å². The van der Waals surface area contributed by atoms with Crippen LogP contribution in [0.4, 0.5) is 0 Å². The van der Waals surface area contributed by atoms with Crippen molar-refractivity contribution in [1.82, 2.24) is 20.1 Å². The smallest absolute Gasteiger partial charge is 0.359 e. The third-order valence-electron chi connectivity index (χ3n) is 4.97. The van der Waals surface area contributed by atoms with Gasteiger partial charge in [0.05, 0.1) is 10.7 Å². The number of amides is 1. The molecular weight excluding hydrogens is 380 g/mol. The van der Waals surface area contributed by atoms with E-state index >= 15 is 0 Å². The summed E-state index contributed by atoms with van der Waals surface area (Å²) in [6.07, 6.45) is 4.12. The summed E-state index contributed by atoms with van der Waals surface area (Å²) in [5, 5.41) is 7.44. The zero-order valence-electron chi connectivity index (χ0n) is 16.4. The average Bonchev–Trinajstić information content (AvgIpc) is 3.00. The zero-order chi connectivity index (χ0) is 20.3. The van der Waals surface area contributed by atoms with Crippen molar-refractivity contribution in [3.63, 3.8) is 0 Å². The lowest BCUT2D eigenvalue weighted by Crippen LogP contribution is -2.39. The first-order valence-corrected chi connectivity index (χ1v) is 9.88. The molecule has 150 valence electrons. The molecule has 0 bridgehead atoms. The Morgan fingerprint density at radius 1 is 1.25 bits per heavy atom. The van der Waals surface area contributed by atoms with Crippen LogP contribution in [0.15, 0.2) is 18.2 Å². The highest BCUT2D eigenvalue weighted by atomic mass is 35.5. The van der Waals surface area contributed by atoms with Crippen LogP contribution < -0.4 is 5.32 Å². The molecule has 0 radical (unpaired) electrons. The fourth-order valence-corrected chi connectivity index (χ4v) is 3.61. The molecule has 2 aromatic heterocycles. The van der Waals surface area contributed by atoms with Crippen molar-refractivity contribution in [3.8, 4) is 5.82 Å². The normalized spacial score (nSPS) is 19.3. The van der Waals surface area contributed by atoms with Gasteiger partial charge in [0.15, 0.2) is 18.1 Å². The van der Waals surface area contributed by atoms with Crippen LogP contribution in [0.2, 0.25) is 5.02 Å². The lowest BCUT2D eigenvalue weighted by atomic mass is 9.87. The minimum Gasteiger partial charge on any atom is -0.451 e. The van der Waals surface area contributed by atoms with E-state index in [4.69, 9.17) is 16.3 Å². The molecule has 0 aromatic carbocycles. The van der Waals surface area contributed by atoms with E-state index in [1.807, 2.05) is 19.9 Å². The Bertz CT molecular complexity index is 872. The minimum absolute atomic E-state index is 0.0361. The largest absolute Gasteiger partial charge is 0.451 e. The van der Waals surface area contributed by atoms with Crippen LogP contribution in [0.3, 0.4) is 0 Å². The van der Waals surface area contributed by atoms with Crippen molar-refractivity contribution in [2.45, 2.75) is 52.5 Å². The summed E-state index contributed by atoms with van der Waals surface area (Å²) in [5.74, 6) is 0.121. The first kappa shape index (κ1) is 20.3. The average molecular weight is 405 g/mol. The molecule has 0 spiro atoms. The molecule has 8 heteroatoms. The fraction of sp³-hybridized carbons (Fsp3) is 0.500. The molecule has 1 N–H and O–H groups in total. The third-order valence-corrected chi connectivity index (χ3v) is 5.27. The Labute approximate surface area is 169 Å². The quantitative estimate of drug-likeness (QED) is 0.772. The highest BCUT2D eigenvalue weighted by molar-refractivity contribution is 6.33. The molecule has 28 heavy (non-hydrogen) atoms. The Morgan fingerprint density at radius 3 is 2.61 bits per heavy atom. The summed E-state index contributed by atoms with van der Waals surface area (Å²) in [5.41, 5.74) is 1.69. The molecule has 1 saturated carbocycles. The number of aryl methyl sites for hydroxylation is 2. The summed E-state index contributed by atoms with van der Waals surface area (Å²) in [6.45, 7) is 5.63. The minimum atomic E-state index is -0.735. The van der Waals surface area contributed by atoms with E-state index in [2.05, 4.69) is 22.3 Å². The van der Waals surface area contributed by atoms with Crippen molar-refractivity contribution in [2.24, 2.45) is 5.92 Å². The number of carbonyl (C=O) groups is 2. The van der Waals surface area contributed by atoms with Gasteiger partial charge < -0.3 is 10.1 Å². The van der Waals surface area contributed by atoms with E-state index < -0.39 is 5.97 Å². The predicted octanol–water partition coefficient (Wildman–Crippen LogP) is 3.39. The van der Waals surface area contributed by atoms with Crippen molar-refractivity contribution >= 4 is 23.5 Å². The highest BCUT2D eigenvalue weighted by Gasteiger charge is 2.21. The van der Waals surface area contributed by atoms with E-state index in [0.717, 1.165) is 37.1 Å². The second-order valence-corrected chi connectivity index (χ2v) is 7.85. The maximum atomic E-state index is 12.4. The molecule has 7 nitrogen and oxygen atoms in total. The first-order valence-electron chi connectivity index (χ1n) is 9.50. The number of ether oxygens (including phenoxy) is 1. The van der Waals surface area contributed by atoms with Gasteiger partial charge >= 0.3 is 5.97 Å². The standard InChI is InChI=1S/C20H25ClN4O3/c1-12-4-6-15(7-5-12)22-18(26)11-28-20(27)19-16(21)8-9-17(23-19)25-14(3)10-13(2)24-25/h8-10,12,15H,4-7,11H2,1-3H3,(H,22,26). The SMILES string of the molecule is Cc1cc(C)n(-c2ccc(Cl)c(C(=O)OCC(=O)NC3CCC(C)CC3)n2)n1. The summed E-state index contributed by atoms with van der Waals surface area (Å²) in [4.78, 5) is 28.8. The Balaban J connectivity index is 1.61. The van der Waals surface area contributed by atoms with E-state index in [1.54, 1.807) is 16.8 Å². The van der Waals surface area contributed by atoms with Crippen LogP contribution >= 0.6 is 11.6 Å². The summed E-state index contributed by atoms with van der Waals surface area (Å²) in [7, 11) is 0. The molecule has 1 aliphatic rings. The van der Waals surface area contributed by atoms with Crippen LogP contribution in [0.25, 0.3) is 5.82 Å². The lowest BCUT2D eigenvalue weighted by molar-refractivity contribution is -0.125. The lowest BCUT2D eigenvalue weighted by Gasteiger charge is -2.26. The van der Waals surface area contributed by atoms with Gasteiger partial charge in [0.2, 0.25) is 0 Å². The van der Waals surface area contributed by atoms with Gasteiger partial charge in [0.25, 0.3) is 5.91 Å². The first-order chi connectivity index (χ1) is 13.3. The molecule has 0 atom stereocenters. The zero-order valence-corrected chi connectivity index (χ0v) is 17.1. The number of hydrogen-bond acceptors (Lipinski definition) is 5. The number of halogens is 1. The molecule has 3 rings (SSSR count). The molecule has 1 fully saturated rings. The molecule has 2 aromatic rings. The maximum Gasteiger partial charge on any atom is 0.359 e. The van der Waals surface area contributed by atoms with Crippen LogP contribution in [0, 0.1) is 19.8 Å². The molecular formula is C20H25ClN4O3. The van der Waals surface area contributed by atoms with Gasteiger partial charge in [0.1, 0.15) is 0 Å². The van der Waals surface area contributed by atoms with Gasteiger partial charge in [-0.3, -0.25) is 4.79 Å². The Morgan fingerprint density at radius 2 is 1.96 bits per heavy atom. The van der Waals surface area contributed by atoms with Gasteiger partial charge in [-0.05, 0) is 63.6 Å². The Kier molecular flexibility index (Phi) is 6.34. The van der Waals surface area contributed by atoms with Gasteiger partial charge in [0, 0.05) is 11.7 Å². The number of carbonyl (C=O) groups excluding carboxylic acids is 2. The number of aromatic nitrogens is 3. The van der Waals surface area contributed by atoms with Crippen LogP contribution in [-0.4, -0.2) is 39.3 Å². The van der Waals surface area contributed by atoms with Crippen LogP contribution in [0.5, 0.6) is 0 Å². The van der Waals surface area contributed by atoms with Crippen molar-refractivity contribution < 1.29 is 14.3 Å². The van der Waals surface area contributed by atoms with Crippen molar-refractivity contribution in [2.75, 3.05) is 6.61 Å². The number of nitrogens with zero attached hydrogens (tertiary/aromatic N) is 3. The third kappa shape index (κ3) is 4.90.